The minimum Gasteiger partial charge on any atom is -0.490 e. The second kappa shape index (κ2) is 7.40. The van der Waals surface area contributed by atoms with Gasteiger partial charge in [0, 0.05) is 21.8 Å². The van der Waals surface area contributed by atoms with Crippen LogP contribution >= 0.6 is 11.6 Å². The SMILES string of the molecule is C=C1c2ccccc2C(=O)N1CC(=O)OCCOc1cccc(Cl)c1. The summed E-state index contributed by atoms with van der Waals surface area (Å²) in [6, 6.07) is 14.1. The molecule has 1 amide bonds. The van der Waals surface area contributed by atoms with Gasteiger partial charge in [0.05, 0.1) is 0 Å². The van der Waals surface area contributed by atoms with Gasteiger partial charge in [0.25, 0.3) is 5.91 Å². The summed E-state index contributed by atoms with van der Waals surface area (Å²) in [5, 5.41) is 0.570. The molecule has 0 atom stereocenters. The van der Waals surface area contributed by atoms with E-state index in [1.807, 2.05) is 6.07 Å². The number of ether oxygens (including phenoxy) is 2. The minimum atomic E-state index is -0.517. The highest BCUT2D eigenvalue weighted by atomic mass is 35.5. The van der Waals surface area contributed by atoms with Crippen LogP contribution in [-0.4, -0.2) is 36.5 Å². The van der Waals surface area contributed by atoms with E-state index in [2.05, 4.69) is 6.58 Å². The lowest BCUT2D eigenvalue weighted by Gasteiger charge is -2.16. The molecule has 6 heteroatoms. The van der Waals surface area contributed by atoms with Gasteiger partial charge in [-0.1, -0.05) is 42.4 Å². The number of fused-ring (bicyclic) bond motifs is 1. The molecule has 1 heterocycles. The second-order valence-electron chi connectivity index (χ2n) is 5.41. The maximum Gasteiger partial charge on any atom is 0.326 e. The number of hydrogen-bond acceptors (Lipinski definition) is 4. The van der Waals surface area contributed by atoms with E-state index in [1.165, 1.54) is 4.90 Å². The molecule has 0 saturated carbocycles. The molecule has 0 radical (unpaired) electrons. The Morgan fingerprint density at radius 2 is 1.84 bits per heavy atom. The molecular weight excluding hydrogens is 342 g/mol. The number of nitrogens with zero attached hydrogens (tertiary/aromatic N) is 1. The van der Waals surface area contributed by atoms with Crippen LogP contribution < -0.4 is 4.74 Å². The van der Waals surface area contributed by atoms with Gasteiger partial charge in [-0.05, 0) is 24.3 Å². The molecule has 0 aromatic heterocycles. The van der Waals surface area contributed by atoms with Crippen molar-refractivity contribution in [1.29, 1.82) is 0 Å². The largest absolute Gasteiger partial charge is 0.490 e. The van der Waals surface area contributed by atoms with Crippen LogP contribution in [0.4, 0.5) is 0 Å². The van der Waals surface area contributed by atoms with Crippen molar-refractivity contribution in [2.45, 2.75) is 0 Å². The van der Waals surface area contributed by atoms with Crippen molar-refractivity contribution in [2.75, 3.05) is 19.8 Å². The number of esters is 1. The molecule has 5 nitrogen and oxygen atoms in total. The molecule has 2 aromatic rings. The van der Waals surface area contributed by atoms with E-state index < -0.39 is 5.97 Å². The van der Waals surface area contributed by atoms with Gasteiger partial charge < -0.3 is 9.47 Å². The fraction of sp³-hybridized carbons (Fsp3) is 0.158. The standard InChI is InChI=1S/C19H16ClNO4/c1-13-16-7-2-3-8-17(16)19(23)21(13)12-18(22)25-10-9-24-15-6-4-5-14(20)11-15/h2-8,11H,1,9-10,12H2. The zero-order valence-corrected chi connectivity index (χ0v) is 14.2. The molecule has 1 aliphatic heterocycles. The Bertz CT molecular complexity index is 799. The minimum absolute atomic E-state index is 0.0762. The van der Waals surface area contributed by atoms with Crippen molar-refractivity contribution < 1.29 is 19.1 Å². The molecule has 2 aromatic carbocycles. The van der Waals surface area contributed by atoms with E-state index in [-0.39, 0.29) is 25.7 Å². The molecule has 0 spiro atoms. The Balaban J connectivity index is 1.47. The highest BCUT2D eigenvalue weighted by Gasteiger charge is 2.32. The number of hydrogen-bond donors (Lipinski definition) is 0. The zero-order valence-electron chi connectivity index (χ0n) is 13.4. The highest BCUT2D eigenvalue weighted by Crippen LogP contribution is 2.30. The van der Waals surface area contributed by atoms with Crippen molar-refractivity contribution in [2.24, 2.45) is 0 Å². The lowest BCUT2D eigenvalue weighted by Crippen LogP contribution is -2.31. The van der Waals surface area contributed by atoms with Crippen LogP contribution in [0.3, 0.4) is 0 Å². The van der Waals surface area contributed by atoms with Gasteiger partial charge in [-0.3, -0.25) is 14.5 Å². The number of amides is 1. The van der Waals surface area contributed by atoms with Crippen molar-refractivity contribution in [3.63, 3.8) is 0 Å². The first kappa shape index (κ1) is 17.0. The topological polar surface area (TPSA) is 55.8 Å². The van der Waals surface area contributed by atoms with Crippen LogP contribution in [0.5, 0.6) is 5.75 Å². The van der Waals surface area contributed by atoms with Crippen LogP contribution in [0.15, 0.2) is 55.1 Å². The smallest absolute Gasteiger partial charge is 0.326 e. The molecule has 0 fully saturated rings. The predicted molar refractivity (Wildman–Crippen MR) is 94.4 cm³/mol. The van der Waals surface area contributed by atoms with Gasteiger partial charge >= 0.3 is 5.97 Å². The summed E-state index contributed by atoms with van der Waals surface area (Å²) >= 11 is 5.86. The Kier molecular flexibility index (Phi) is 5.05. The lowest BCUT2D eigenvalue weighted by atomic mass is 10.1. The van der Waals surface area contributed by atoms with Crippen molar-refractivity contribution in [3.05, 3.63) is 71.3 Å². The first-order valence-corrected chi connectivity index (χ1v) is 8.08. The second-order valence-corrected chi connectivity index (χ2v) is 5.85. The highest BCUT2D eigenvalue weighted by molar-refractivity contribution is 6.30. The summed E-state index contributed by atoms with van der Waals surface area (Å²) < 4.78 is 10.6. The summed E-state index contributed by atoms with van der Waals surface area (Å²) in [4.78, 5) is 25.6. The van der Waals surface area contributed by atoms with Crippen molar-refractivity contribution in [3.8, 4) is 5.75 Å². The number of carbonyl (C=O) groups excluding carboxylic acids is 2. The Labute approximate surface area is 150 Å². The molecule has 3 rings (SSSR count). The maximum absolute atomic E-state index is 12.3. The van der Waals surface area contributed by atoms with Crippen LogP contribution in [0, 0.1) is 0 Å². The summed E-state index contributed by atoms with van der Waals surface area (Å²) in [6.45, 7) is 3.98. The maximum atomic E-state index is 12.3. The number of carbonyl (C=O) groups is 2. The van der Waals surface area contributed by atoms with Gasteiger partial charge in [0.15, 0.2) is 0 Å². The first-order chi connectivity index (χ1) is 12.1. The average Bonchev–Trinajstić information content (AvgIpc) is 2.84. The average molecular weight is 358 g/mol. The molecule has 0 N–H and O–H groups in total. The van der Waals surface area contributed by atoms with Gasteiger partial charge in [0.1, 0.15) is 25.5 Å². The summed E-state index contributed by atoms with van der Waals surface area (Å²) in [7, 11) is 0. The third kappa shape index (κ3) is 3.83. The number of rotatable bonds is 6. The molecule has 25 heavy (non-hydrogen) atoms. The third-order valence-electron chi connectivity index (χ3n) is 3.74. The van der Waals surface area contributed by atoms with E-state index in [0.29, 0.717) is 22.0 Å². The molecule has 0 aliphatic carbocycles. The van der Waals surface area contributed by atoms with Crippen molar-refractivity contribution in [1.82, 2.24) is 4.90 Å². The molecule has 0 unspecified atom stereocenters. The summed E-state index contributed by atoms with van der Waals surface area (Å²) in [5.74, 6) is -0.160. The fourth-order valence-corrected chi connectivity index (χ4v) is 2.73. The van der Waals surface area contributed by atoms with Crippen LogP contribution in [-0.2, 0) is 9.53 Å². The third-order valence-corrected chi connectivity index (χ3v) is 3.97. The monoisotopic (exact) mass is 357 g/mol. The molecular formula is C19H16ClNO4. The molecule has 1 aliphatic rings. The van der Waals surface area contributed by atoms with E-state index in [4.69, 9.17) is 21.1 Å². The Hall–Kier alpha value is -2.79. The van der Waals surface area contributed by atoms with Gasteiger partial charge in [-0.2, -0.15) is 0 Å². The summed E-state index contributed by atoms with van der Waals surface area (Å²) in [5.41, 5.74) is 1.79. The normalized spacial score (nSPS) is 12.9. The van der Waals surface area contributed by atoms with Gasteiger partial charge in [-0.15, -0.1) is 0 Å². The predicted octanol–water partition coefficient (Wildman–Crippen LogP) is 3.39. The van der Waals surface area contributed by atoms with Crippen LogP contribution in [0.25, 0.3) is 5.70 Å². The molecule has 0 saturated heterocycles. The van der Waals surface area contributed by atoms with E-state index >= 15 is 0 Å². The van der Waals surface area contributed by atoms with Crippen LogP contribution in [0.2, 0.25) is 5.02 Å². The lowest BCUT2D eigenvalue weighted by molar-refractivity contribution is -0.144. The summed E-state index contributed by atoms with van der Waals surface area (Å²) in [6.07, 6.45) is 0. The van der Waals surface area contributed by atoms with E-state index in [9.17, 15) is 9.59 Å². The number of halogens is 1. The fourth-order valence-electron chi connectivity index (χ4n) is 2.55. The Morgan fingerprint density at radius 3 is 2.56 bits per heavy atom. The Morgan fingerprint density at radius 1 is 1.08 bits per heavy atom. The van der Waals surface area contributed by atoms with E-state index in [1.54, 1.807) is 42.5 Å². The molecule has 0 bridgehead atoms. The zero-order chi connectivity index (χ0) is 17.8. The molecule has 128 valence electrons. The quantitative estimate of drug-likeness (QED) is 0.587. The van der Waals surface area contributed by atoms with Crippen LogP contribution in [0.1, 0.15) is 15.9 Å². The van der Waals surface area contributed by atoms with Gasteiger partial charge in [-0.25, -0.2) is 0 Å². The van der Waals surface area contributed by atoms with Gasteiger partial charge in [0.2, 0.25) is 0 Å². The van der Waals surface area contributed by atoms with Crippen molar-refractivity contribution >= 4 is 29.2 Å². The number of benzene rings is 2. The first-order valence-electron chi connectivity index (χ1n) is 7.70. The van der Waals surface area contributed by atoms with E-state index in [0.717, 1.165) is 5.56 Å².